The summed E-state index contributed by atoms with van der Waals surface area (Å²) in [6.45, 7) is 4.52. The van der Waals surface area contributed by atoms with Crippen LogP contribution in [-0.2, 0) is 0 Å². The Bertz CT molecular complexity index is 1530. The van der Waals surface area contributed by atoms with Crippen LogP contribution in [0.1, 0.15) is 44.3 Å². The van der Waals surface area contributed by atoms with E-state index in [0.29, 0.717) is 11.7 Å². The fourth-order valence-electron chi connectivity index (χ4n) is 5.78. The maximum Gasteiger partial charge on any atom is 0.150 e. The molecule has 1 aliphatic carbocycles. The molecule has 1 fully saturated rings. The van der Waals surface area contributed by atoms with E-state index in [1.54, 1.807) is 6.20 Å². The Hall–Kier alpha value is -3.77. The molecule has 0 spiro atoms. The quantitative estimate of drug-likeness (QED) is 0.297. The number of aromatic nitrogens is 4. The van der Waals surface area contributed by atoms with Crippen LogP contribution in [0.25, 0.3) is 38.9 Å². The molecule has 0 unspecified atom stereocenters. The number of nitrogen functional groups attached to an aromatic ring is 1. The molecular weight excluding hydrogens is 456 g/mol. The number of pyridine rings is 1. The molecule has 1 aliphatic rings. The van der Waals surface area contributed by atoms with Gasteiger partial charge in [-0.3, -0.25) is 4.40 Å². The molecule has 5 aromatic rings. The Kier molecular flexibility index (Phi) is 6.35. The topological polar surface area (TPSA) is 72.3 Å². The molecule has 0 amide bonds. The highest BCUT2D eigenvalue weighted by Gasteiger charge is 2.28. The summed E-state index contributed by atoms with van der Waals surface area (Å²) >= 11 is 0. The molecule has 3 aromatic heterocycles. The van der Waals surface area contributed by atoms with E-state index in [4.69, 9.17) is 15.7 Å². The summed E-state index contributed by atoms with van der Waals surface area (Å²) in [6.07, 6.45) is 8.59. The smallest absolute Gasteiger partial charge is 0.150 e. The second kappa shape index (κ2) is 9.94. The first-order valence-electron chi connectivity index (χ1n) is 13.4. The number of anilines is 1. The first-order chi connectivity index (χ1) is 18.1. The molecule has 0 saturated heterocycles. The predicted molar refractivity (Wildman–Crippen MR) is 151 cm³/mol. The number of rotatable bonds is 6. The summed E-state index contributed by atoms with van der Waals surface area (Å²) < 4.78 is 2.18. The lowest BCUT2D eigenvalue weighted by atomic mass is 9.81. The molecule has 0 atom stereocenters. The molecule has 2 N–H and O–H groups in total. The van der Waals surface area contributed by atoms with Gasteiger partial charge in [-0.15, -0.1) is 0 Å². The number of hydrogen-bond donors (Lipinski definition) is 1. The maximum absolute atomic E-state index is 6.45. The summed E-state index contributed by atoms with van der Waals surface area (Å²) in [4.78, 5) is 17.1. The van der Waals surface area contributed by atoms with Crippen LogP contribution in [0, 0.1) is 5.92 Å². The van der Waals surface area contributed by atoms with Crippen molar-refractivity contribution in [2.75, 3.05) is 25.9 Å². The lowest BCUT2D eigenvalue weighted by Crippen LogP contribution is -2.28. The highest BCUT2D eigenvalue weighted by molar-refractivity contribution is 5.91. The summed E-state index contributed by atoms with van der Waals surface area (Å²) in [6, 6.07) is 20.9. The van der Waals surface area contributed by atoms with Gasteiger partial charge in [-0.25, -0.2) is 15.0 Å². The molecule has 188 valence electrons. The van der Waals surface area contributed by atoms with Gasteiger partial charge in [0.25, 0.3) is 0 Å². The van der Waals surface area contributed by atoms with Crippen molar-refractivity contribution in [1.29, 1.82) is 0 Å². The van der Waals surface area contributed by atoms with Crippen LogP contribution in [0.15, 0.2) is 73.1 Å². The third-order valence-electron chi connectivity index (χ3n) is 7.97. The van der Waals surface area contributed by atoms with E-state index >= 15 is 0 Å². The average molecular weight is 491 g/mol. The van der Waals surface area contributed by atoms with Crippen LogP contribution in [0.5, 0.6) is 0 Å². The van der Waals surface area contributed by atoms with Crippen molar-refractivity contribution in [2.24, 2.45) is 5.92 Å². The van der Waals surface area contributed by atoms with Gasteiger partial charge < -0.3 is 10.6 Å². The van der Waals surface area contributed by atoms with E-state index in [-0.39, 0.29) is 0 Å². The van der Waals surface area contributed by atoms with Gasteiger partial charge in [-0.2, -0.15) is 0 Å². The van der Waals surface area contributed by atoms with Crippen LogP contribution in [0.3, 0.4) is 0 Å². The fraction of sp³-hybridized carbons (Fsp3) is 0.323. The average Bonchev–Trinajstić information content (AvgIpc) is 3.34. The van der Waals surface area contributed by atoms with Crippen LogP contribution < -0.4 is 5.73 Å². The van der Waals surface area contributed by atoms with Crippen LogP contribution in [0.2, 0.25) is 0 Å². The first-order valence-corrected chi connectivity index (χ1v) is 13.4. The number of benzene rings is 2. The zero-order valence-electron chi connectivity index (χ0n) is 21.6. The zero-order valence-corrected chi connectivity index (χ0v) is 21.6. The molecule has 3 heterocycles. The predicted octanol–water partition coefficient (Wildman–Crippen LogP) is 6.42. The third-order valence-corrected chi connectivity index (χ3v) is 7.97. The Morgan fingerprint density at radius 2 is 1.73 bits per heavy atom. The molecule has 2 aromatic carbocycles. The standard InChI is InChI=1S/C31H34N6/c1-3-36(2)20-21-9-11-24(12-10-21)31-35-28(29-30(32)33-17-18-37(29)31)25-14-13-23-15-16-26(34-27(23)19-25)22-7-5-4-6-8-22/h4-8,13-19,21,24H,3,9-12,20H2,1-2H3,(H2,32,33). The van der Waals surface area contributed by atoms with Gasteiger partial charge in [-0.1, -0.05) is 55.5 Å². The van der Waals surface area contributed by atoms with Crippen molar-refractivity contribution in [3.05, 3.63) is 78.9 Å². The Balaban J connectivity index is 1.37. The van der Waals surface area contributed by atoms with Gasteiger partial charge >= 0.3 is 0 Å². The molecule has 6 rings (SSSR count). The van der Waals surface area contributed by atoms with Crippen molar-refractivity contribution in [2.45, 2.75) is 38.5 Å². The molecular formula is C31H34N6. The molecule has 6 nitrogen and oxygen atoms in total. The number of nitrogens with zero attached hydrogens (tertiary/aromatic N) is 5. The van der Waals surface area contributed by atoms with Crippen LogP contribution in [0.4, 0.5) is 5.82 Å². The van der Waals surface area contributed by atoms with Gasteiger partial charge in [0.2, 0.25) is 0 Å². The number of imidazole rings is 1. The molecule has 1 saturated carbocycles. The highest BCUT2D eigenvalue weighted by atomic mass is 15.1. The van der Waals surface area contributed by atoms with Gasteiger partial charge in [0.05, 0.1) is 11.2 Å². The van der Waals surface area contributed by atoms with Gasteiger partial charge in [0.15, 0.2) is 0 Å². The number of nitrogens with two attached hydrogens (primary N) is 1. The molecule has 0 bridgehead atoms. The molecule has 0 radical (unpaired) electrons. The van der Waals surface area contributed by atoms with Gasteiger partial charge in [-0.05, 0) is 57.3 Å². The van der Waals surface area contributed by atoms with Crippen LogP contribution in [-0.4, -0.2) is 44.4 Å². The lowest BCUT2D eigenvalue weighted by molar-refractivity contribution is 0.228. The molecule has 37 heavy (non-hydrogen) atoms. The summed E-state index contributed by atoms with van der Waals surface area (Å²) in [5.41, 5.74) is 12.3. The summed E-state index contributed by atoms with van der Waals surface area (Å²) in [5, 5.41) is 1.11. The Morgan fingerprint density at radius 1 is 0.946 bits per heavy atom. The molecule has 6 heteroatoms. The minimum absolute atomic E-state index is 0.425. The first kappa shape index (κ1) is 23.6. The normalized spacial score (nSPS) is 18.1. The third kappa shape index (κ3) is 4.58. The van der Waals surface area contributed by atoms with Crippen molar-refractivity contribution in [1.82, 2.24) is 24.3 Å². The minimum Gasteiger partial charge on any atom is -0.382 e. The minimum atomic E-state index is 0.425. The van der Waals surface area contributed by atoms with E-state index in [2.05, 4.69) is 70.7 Å². The van der Waals surface area contributed by atoms with Crippen molar-refractivity contribution in [3.8, 4) is 22.5 Å². The van der Waals surface area contributed by atoms with Crippen LogP contribution >= 0.6 is 0 Å². The van der Waals surface area contributed by atoms with Gasteiger partial charge in [0.1, 0.15) is 22.9 Å². The molecule has 0 aliphatic heterocycles. The summed E-state index contributed by atoms with van der Waals surface area (Å²) in [7, 11) is 2.22. The lowest BCUT2D eigenvalue weighted by Gasteiger charge is -2.30. The van der Waals surface area contributed by atoms with Crippen molar-refractivity contribution in [3.63, 3.8) is 0 Å². The zero-order chi connectivity index (χ0) is 25.4. The fourth-order valence-corrected chi connectivity index (χ4v) is 5.78. The van der Waals surface area contributed by atoms with E-state index < -0.39 is 0 Å². The largest absolute Gasteiger partial charge is 0.382 e. The number of fused-ring (bicyclic) bond motifs is 2. The summed E-state index contributed by atoms with van der Waals surface area (Å²) in [5.74, 6) is 2.81. The van der Waals surface area contributed by atoms with E-state index in [1.807, 2.05) is 24.4 Å². The van der Waals surface area contributed by atoms with E-state index in [0.717, 1.165) is 70.1 Å². The van der Waals surface area contributed by atoms with Crippen molar-refractivity contribution < 1.29 is 0 Å². The second-order valence-electron chi connectivity index (χ2n) is 10.4. The van der Waals surface area contributed by atoms with E-state index in [9.17, 15) is 0 Å². The second-order valence-corrected chi connectivity index (χ2v) is 10.4. The van der Waals surface area contributed by atoms with Crippen molar-refractivity contribution >= 4 is 22.2 Å². The SMILES string of the molecule is CCN(C)CC1CCC(c2nc(-c3ccc4ccc(-c5ccccc5)nc4c3)c3c(N)nccn23)CC1. The number of hydrogen-bond acceptors (Lipinski definition) is 5. The van der Waals surface area contributed by atoms with E-state index in [1.165, 1.54) is 19.4 Å². The Morgan fingerprint density at radius 3 is 2.51 bits per heavy atom. The van der Waals surface area contributed by atoms with Gasteiger partial charge in [0, 0.05) is 41.4 Å². The monoisotopic (exact) mass is 490 g/mol. The Labute approximate surface area is 218 Å². The maximum atomic E-state index is 6.45. The highest BCUT2D eigenvalue weighted by Crippen LogP contribution is 2.39.